The molecule has 0 spiro atoms. The second-order valence-corrected chi connectivity index (χ2v) is 5.72. The Morgan fingerprint density at radius 2 is 2.10 bits per heavy atom. The van der Waals surface area contributed by atoms with Crippen LogP contribution in [-0.4, -0.2) is 21.9 Å². The minimum absolute atomic E-state index is 0.372. The summed E-state index contributed by atoms with van der Waals surface area (Å²) >= 11 is 3.43. The van der Waals surface area contributed by atoms with Gasteiger partial charge in [-0.1, -0.05) is 35.8 Å². The van der Waals surface area contributed by atoms with Crippen molar-refractivity contribution in [2.75, 3.05) is 7.11 Å². The van der Waals surface area contributed by atoms with Crippen LogP contribution in [0, 0.1) is 5.92 Å². The predicted octanol–water partition coefficient (Wildman–Crippen LogP) is 3.42. The molecule has 0 N–H and O–H groups in total. The van der Waals surface area contributed by atoms with Crippen molar-refractivity contribution in [1.29, 1.82) is 0 Å². The molecule has 0 atom stereocenters. The molecule has 1 heterocycles. The molecule has 1 aromatic heterocycles. The van der Waals surface area contributed by atoms with E-state index < -0.39 is 0 Å². The van der Waals surface area contributed by atoms with Crippen LogP contribution in [0.4, 0.5) is 0 Å². The van der Waals surface area contributed by atoms with Crippen LogP contribution in [0.3, 0.4) is 0 Å². The van der Waals surface area contributed by atoms with Crippen molar-refractivity contribution in [2.45, 2.75) is 32.3 Å². The number of methoxy groups -OCH3 is 1. The van der Waals surface area contributed by atoms with E-state index in [0.717, 1.165) is 29.0 Å². The van der Waals surface area contributed by atoms with E-state index in [1.54, 1.807) is 13.4 Å². The van der Waals surface area contributed by atoms with Gasteiger partial charge in [0.05, 0.1) is 7.11 Å². The lowest BCUT2D eigenvalue weighted by Gasteiger charge is -2.12. The van der Waals surface area contributed by atoms with Crippen molar-refractivity contribution in [2.24, 2.45) is 5.92 Å². The Kier molecular flexibility index (Phi) is 5.61. The van der Waals surface area contributed by atoms with Crippen LogP contribution in [0.5, 0.6) is 11.5 Å². The first-order valence-corrected chi connectivity index (χ1v) is 7.98. The Labute approximate surface area is 133 Å². The second kappa shape index (κ2) is 7.45. The van der Waals surface area contributed by atoms with E-state index >= 15 is 0 Å². The van der Waals surface area contributed by atoms with E-state index in [0.29, 0.717) is 18.3 Å². The Morgan fingerprint density at radius 1 is 1.29 bits per heavy atom. The monoisotopic (exact) mass is 353 g/mol. The maximum absolute atomic E-state index is 5.83. The van der Waals surface area contributed by atoms with Gasteiger partial charge in [-0.05, 0) is 23.6 Å². The molecule has 5 nitrogen and oxygen atoms in total. The summed E-state index contributed by atoms with van der Waals surface area (Å²) in [5.74, 6) is 2.76. The summed E-state index contributed by atoms with van der Waals surface area (Å²) in [6.45, 7) is 5.50. The van der Waals surface area contributed by atoms with Gasteiger partial charge in [0.15, 0.2) is 17.3 Å². The lowest BCUT2D eigenvalue weighted by Crippen LogP contribution is -2.12. The second-order valence-electron chi connectivity index (χ2n) is 5.16. The molecule has 0 aliphatic rings. The molecule has 0 amide bonds. The molecule has 1 aromatic carbocycles. The largest absolute Gasteiger partial charge is 0.493 e. The molecule has 2 aromatic rings. The Hall–Kier alpha value is -1.56. The molecule has 114 valence electrons. The molecule has 0 unspecified atom stereocenters. The zero-order valence-electron chi connectivity index (χ0n) is 12.5. The fourth-order valence-corrected chi connectivity index (χ4v) is 2.30. The average molecular weight is 354 g/mol. The maximum atomic E-state index is 5.83. The number of alkyl halides is 1. The van der Waals surface area contributed by atoms with Gasteiger partial charge >= 0.3 is 0 Å². The summed E-state index contributed by atoms with van der Waals surface area (Å²) < 4.78 is 13.1. The van der Waals surface area contributed by atoms with E-state index in [2.05, 4.69) is 39.9 Å². The Morgan fingerprint density at radius 3 is 2.76 bits per heavy atom. The number of rotatable bonds is 7. The number of aromatic nitrogens is 3. The van der Waals surface area contributed by atoms with Crippen molar-refractivity contribution >= 4 is 15.9 Å². The molecule has 6 heteroatoms. The molecule has 0 aliphatic carbocycles. The van der Waals surface area contributed by atoms with Crippen molar-refractivity contribution in [3.05, 3.63) is 35.9 Å². The summed E-state index contributed by atoms with van der Waals surface area (Å²) in [4.78, 5) is 4.25. The van der Waals surface area contributed by atoms with Gasteiger partial charge in [0.1, 0.15) is 12.9 Å². The van der Waals surface area contributed by atoms with Crippen molar-refractivity contribution < 1.29 is 9.47 Å². The quantitative estimate of drug-likeness (QED) is 0.715. The maximum Gasteiger partial charge on any atom is 0.164 e. The number of hydrogen-bond acceptors (Lipinski definition) is 4. The summed E-state index contributed by atoms with van der Waals surface area (Å²) in [6.07, 6.45) is 1.56. The smallest absolute Gasteiger partial charge is 0.164 e. The highest BCUT2D eigenvalue weighted by Crippen LogP contribution is 2.29. The lowest BCUT2D eigenvalue weighted by molar-refractivity contribution is 0.266. The van der Waals surface area contributed by atoms with Gasteiger partial charge in [0.2, 0.25) is 0 Å². The van der Waals surface area contributed by atoms with E-state index in [1.807, 2.05) is 22.9 Å². The number of ether oxygens (including phenoxy) is 2. The number of hydrogen-bond donors (Lipinski definition) is 0. The van der Waals surface area contributed by atoms with Crippen molar-refractivity contribution in [3.8, 4) is 11.5 Å². The third-order valence-corrected chi connectivity index (χ3v) is 3.62. The van der Waals surface area contributed by atoms with Crippen LogP contribution in [0.2, 0.25) is 0 Å². The highest BCUT2D eigenvalue weighted by Gasteiger charge is 2.10. The minimum atomic E-state index is 0.372. The Balaban J connectivity index is 2.08. The molecule has 0 fully saturated rings. The molecule has 21 heavy (non-hydrogen) atoms. The van der Waals surface area contributed by atoms with Crippen LogP contribution in [-0.2, 0) is 18.5 Å². The SMILES string of the molecule is COc1cc(CBr)ccc1OCc1ncnn1CC(C)C. The first-order chi connectivity index (χ1) is 10.1. The van der Waals surface area contributed by atoms with E-state index in [-0.39, 0.29) is 0 Å². The molecule has 0 saturated heterocycles. The van der Waals surface area contributed by atoms with Crippen LogP contribution in [0.15, 0.2) is 24.5 Å². The molecule has 2 rings (SSSR count). The van der Waals surface area contributed by atoms with Gasteiger partial charge in [0, 0.05) is 11.9 Å². The topological polar surface area (TPSA) is 49.2 Å². The van der Waals surface area contributed by atoms with Gasteiger partial charge in [-0.2, -0.15) is 5.10 Å². The molecular formula is C15H20BrN3O2. The van der Waals surface area contributed by atoms with Gasteiger partial charge in [-0.25, -0.2) is 9.67 Å². The number of benzene rings is 1. The third-order valence-electron chi connectivity index (χ3n) is 2.97. The van der Waals surface area contributed by atoms with Crippen molar-refractivity contribution in [1.82, 2.24) is 14.8 Å². The first-order valence-electron chi connectivity index (χ1n) is 6.86. The summed E-state index contributed by atoms with van der Waals surface area (Å²) in [5, 5.41) is 5.01. The zero-order valence-corrected chi connectivity index (χ0v) is 14.1. The fourth-order valence-electron chi connectivity index (χ4n) is 1.95. The highest BCUT2D eigenvalue weighted by molar-refractivity contribution is 9.08. The van der Waals surface area contributed by atoms with E-state index in [9.17, 15) is 0 Å². The van der Waals surface area contributed by atoms with Crippen molar-refractivity contribution in [3.63, 3.8) is 0 Å². The van der Waals surface area contributed by atoms with Crippen LogP contribution in [0.25, 0.3) is 0 Å². The lowest BCUT2D eigenvalue weighted by atomic mass is 10.2. The average Bonchev–Trinajstić information content (AvgIpc) is 2.91. The molecular weight excluding hydrogens is 334 g/mol. The fraction of sp³-hybridized carbons (Fsp3) is 0.467. The highest BCUT2D eigenvalue weighted by atomic mass is 79.9. The summed E-state index contributed by atoms with van der Waals surface area (Å²) in [7, 11) is 1.64. The van der Waals surface area contributed by atoms with Crippen LogP contribution < -0.4 is 9.47 Å². The number of nitrogens with zero attached hydrogens (tertiary/aromatic N) is 3. The zero-order chi connectivity index (χ0) is 15.2. The summed E-state index contributed by atoms with van der Waals surface area (Å²) in [6, 6.07) is 5.88. The summed E-state index contributed by atoms with van der Waals surface area (Å²) in [5.41, 5.74) is 1.14. The van der Waals surface area contributed by atoms with E-state index in [4.69, 9.17) is 9.47 Å². The molecule has 0 aliphatic heterocycles. The van der Waals surface area contributed by atoms with Crippen LogP contribution in [0.1, 0.15) is 25.2 Å². The predicted molar refractivity (Wildman–Crippen MR) is 84.8 cm³/mol. The Bertz CT molecular complexity index is 584. The first kappa shape index (κ1) is 15.8. The molecule has 0 saturated carbocycles. The van der Waals surface area contributed by atoms with Gasteiger partial charge < -0.3 is 9.47 Å². The standard InChI is InChI=1S/C15H20BrN3O2/c1-11(2)8-19-15(17-10-18-19)9-21-13-5-4-12(7-16)6-14(13)20-3/h4-6,10-11H,7-9H2,1-3H3. The molecule has 0 bridgehead atoms. The normalized spacial score (nSPS) is 10.9. The van der Waals surface area contributed by atoms with E-state index in [1.165, 1.54) is 0 Å². The molecule has 0 radical (unpaired) electrons. The van der Waals surface area contributed by atoms with Gasteiger partial charge in [0.25, 0.3) is 0 Å². The van der Waals surface area contributed by atoms with Crippen LogP contribution >= 0.6 is 15.9 Å². The number of halogens is 1. The van der Waals surface area contributed by atoms with Gasteiger partial charge in [-0.3, -0.25) is 0 Å². The minimum Gasteiger partial charge on any atom is -0.493 e. The van der Waals surface area contributed by atoms with Gasteiger partial charge in [-0.15, -0.1) is 0 Å². The third kappa shape index (κ3) is 4.20.